The highest BCUT2D eigenvalue weighted by Crippen LogP contribution is 2.39. The minimum Gasteiger partial charge on any atom is -0.486 e. The largest absolute Gasteiger partial charge is 0.486 e. The Morgan fingerprint density at radius 2 is 2.00 bits per heavy atom. The van der Waals surface area contributed by atoms with Gasteiger partial charge in [-0.2, -0.15) is 0 Å². The molecule has 0 saturated heterocycles. The van der Waals surface area contributed by atoms with Gasteiger partial charge >= 0.3 is 0 Å². The number of benzene rings is 2. The number of hydrogen-bond donors (Lipinski definition) is 0. The fraction of sp³-hybridized carbons (Fsp3) is 0.278. The van der Waals surface area contributed by atoms with Crippen LogP contribution < -0.4 is 4.74 Å². The molecule has 2 aromatic carbocycles. The number of furan rings is 1. The average Bonchev–Trinajstić information content (AvgIpc) is 3.22. The van der Waals surface area contributed by atoms with Crippen LogP contribution in [0.4, 0.5) is 5.69 Å². The van der Waals surface area contributed by atoms with Crippen molar-refractivity contribution in [1.29, 1.82) is 0 Å². The molecule has 1 heterocycles. The monoisotopic (exact) mass is 325 g/mol. The van der Waals surface area contributed by atoms with Crippen LogP contribution in [-0.4, -0.2) is 17.3 Å². The van der Waals surface area contributed by atoms with Gasteiger partial charge in [-0.25, -0.2) is 0 Å². The first kappa shape index (κ1) is 14.7. The van der Waals surface area contributed by atoms with Gasteiger partial charge in [0.2, 0.25) is 0 Å². The van der Waals surface area contributed by atoms with Gasteiger partial charge < -0.3 is 9.15 Å². The van der Waals surface area contributed by atoms with Crippen LogP contribution in [0.2, 0.25) is 0 Å². The molecule has 4 rings (SSSR count). The molecule has 1 aliphatic rings. The van der Waals surface area contributed by atoms with E-state index in [1.807, 2.05) is 0 Å². The zero-order chi connectivity index (χ0) is 16.7. The zero-order valence-electron chi connectivity index (χ0n) is 12.9. The Labute approximate surface area is 137 Å². The molecule has 6 nitrogen and oxygen atoms in total. The van der Waals surface area contributed by atoms with E-state index in [0.717, 1.165) is 32.0 Å². The molecule has 1 aliphatic carbocycles. The Morgan fingerprint density at radius 3 is 2.71 bits per heavy atom. The van der Waals surface area contributed by atoms with E-state index < -0.39 is 4.92 Å². The van der Waals surface area contributed by atoms with Gasteiger partial charge in [-0.15, -0.1) is 0 Å². The summed E-state index contributed by atoms with van der Waals surface area (Å²) in [6, 6.07) is 7.80. The summed E-state index contributed by atoms with van der Waals surface area (Å²) in [7, 11) is 0. The second-order valence-corrected chi connectivity index (χ2v) is 6.04. The van der Waals surface area contributed by atoms with Crippen molar-refractivity contribution in [2.45, 2.75) is 31.8 Å². The van der Waals surface area contributed by atoms with Crippen molar-refractivity contribution in [3.05, 3.63) is 46.0 Å². The fourth-order valence-electron chi connectivity index (χ4n) is 3.36. The lowest BCUT2D eigenvalue weighted by atomic mass is 10.1. The summed E-state index contributed by atoms with van der Waals surface area (Å²) in [6.07, 6.45) is 5.18. The lowest BCUT2D eigenvalue weighted by Crippen LogP contribution is -2.10. The fourth-order valence-corrected chi connectivity index (χ4v) is 3.36. The van der Waals surface area contributed by atoms with Gasteiger partial charge in [0, 0.05) is 28.5 Å². The summed E-state index contributed by atoms with van der Waals surface area (Å²) < 4.78 is 11.9. The van der Waals surface area contributed by atoms with Gasteiger partial charge in [0.1, 0.15) is 5.58 Å². The van der Waals surface area contributed by atoms with Gasteiger partial charge in [-0.3, -0.25) is 14.9 Å². The number of carbonyl (C=O) groups is 1. The first-order valence-corrected chi connectivity index (χ1v) is 7.93. The molecule has 0 unspecified atom stereocenters. The third-order valence-corrected chi connectivity index (χ3v) is 4.53. The number of carbonyl (C=O) groups excluding carboxylic acids is 1. The SMILES string of the molecule is O=Cc1ccc(OC2CCCC2)c2oc3ccc([N+](=O)[O-])cc3c12. The molecule has 0 spiro atoms. The van der Waals surface area contributed by atoms with Gasteiger partial charge in [0.25, 0.3) is 5.69 Å². The van der Waals surface area contributed by atoms with Gasteiger partial charge in [0.05, 0.1) is 11.0 Å². The van der Waals surface area contributed by atoms with Gasteiger partial charge in [-0.05, 0) is 43.9 Å². The van der Waals surface area contributed by atoms with E-state index in [0.29, 0.717) is 33.3 Å². The highest BCUT2D eigenvalue weighted by atomic mass is 16.6. The van der Waals surface area contributed by atoms with Crippen molar-refractivity contribution in [3.8, 4) is 5.75 Å². The zero-order valence-corrected chi connectivity index (χ0v) is 12.9. The van der Waals surface area contributed by atoms with Crippen molar-refractivity contribution >= 4 is 33.9 Å². The number of aldehydes is 1. The number of nitro groups is 1. The van der Waals surface area contributed by atoms with Crippen molar-refractivity contribution < 1.29 is 18.9 Å². The molecule has 0 atom stereocenters. The first-order valence-electron chi connectivity index (χ1n) is 7.93. The second-order valence-electron chi connectivity index (χ2n) is 6.04. The maximum Gasteiger partial charge on any atom is 0.270 e. The molecule has 3 aromatic rings. The minimum atomic E-state index is -0.461. The number of rotatable bonds is 4. The molecular formula is C18H15NO5. The molecule has 0 radical (unpaired) electrons. The van der Waals surface area contributed by atoms with Crippen LogP contribution in [0.3, 0.4) is 0 Å². The standard InChI is InChI=1S/C18H15NO5/c20-10-11-5-7-16(23-13-3-1-2-4-13)18-17(11)14-9-12(19(21)22)6-8-15(14)24-18/h5-10,13H,1-4H2. The Morgan fingerprint density at radius 1 is 1.21 bits per heavy atom. The van der Waals surface area contributed by atoms with Crippen LogP contribution in [0.5, 0.6) is 5.75 Å². The summed E-state index contributed by atoms with van der Waals surface area (Å²) in [5, 5.41) is 12.2. The molecule has 0 bridgehead atoms. The van der Waals surface area contributed by atoms with Crippen molar-refractivity contribution in [2.24, 2.45) is 0 Å². The Kier molecular flexibility index (Phi) is 3.45. The van der Waals surface area contributed by atoms with E-state index in [4.69, 9.17) is 9.15 Å². The van der Waals surface area contributed by atoms with Gasteiger partial charge in [0.15, 0.2) is 17.6 Å². The number of nitrogens with zero attached hydrogens (tertiary/aromatic N) is 1. The van der Waals surface area contributed by atoms with Crippen molar-refractivity contribution in [3.63, 3.8) is 0 Å². The Balaban J connectivity index is 1.94. The molecule has 1 fully saturated rings. The van der Waals surface area contributed by atoms with Crippen LogP contribution in [0.25, 0.3) is 21.9 Å². The van der Waals surface area contributed by atoms with Crippen LogP contribution in [0.15, 0.2) is 34.7 Å². The van der Waals surface area contributed by atoms with E-state index in [-0.39, 0.29) is 11.8 Å². The smallest absolute Gasteiger partial charge is 0.270 e. The molecule has 0 amide bonds. The predicted octanol–water partition coefficient (Wildman–Crippen LogP) is 4.63. The molecule has 1 aromatic heterocycles. The number of non-ortho nitro benzene ring substituents is 1. The average molecular weight is 325 g/mol. The topological polar surface area (TPSA) is 82.6 Å². The predicted molar refractivity (Wildman–Crippen MR) is 88.6 cm³/mol. The van der Waals surface area contributed by atoms with Crippen LogP contribution in [0, 0.1) is 10.1 Å². The maximum absolute atomic E-state index is 11.4. The number of fused-ring (bicyclic) bond motifs is 3. The van der Waals surface area contributed by atoms with E-state index in [1.165, 1.54) is 12.1 Å². The molecule has 0 aliphatic heterocycles. The summed E-state index contributed by atoms with van der Waals surface area (Å²) in [4.78, 5) is 22.0. The van der Waals surface area contributed by atoms with E-state index in [1.54, 1.807) is 18.2 Å². The highest BCUT2D eigenvalue weighted by molar-refractivity contribution is 6.14. The lowest BCUT2D eigenvalue weighted by Gasteiger charge is -2.13. The summed E-state index contributed by atoms with van der Waals surface area (Å²) >= 11 is 0. The third kappa shape index (κ3) is 2.31. The van der Waals surface area contributed by atoms with E-state index in [2.05, 4.69) is 0 Å². The van der Waals surface area contributed by atoms with Crippen molar-refractivity contribution in [1.82, 2.24) is 0 Å². The normalized spacial score (nSPS) is 15.2. The van der Waals surface area contributed by atoms with Crippen LogP contribution in [-0.2, 0) is 0 Å². The van der Waals surface area contributed by atoms with Crippen LogP contribution >= 0.6 is 0 Å². The summed E-state index contributed by atoms with van der Waals surface area (Å²) in [6.45, 7) is 0. The van der Waals surface area contributed by atoms with Gasteiger partial charge in [-0.1, -0.05) is 0 Å². The minimum absolute atomic E-state index is 0.0378. The molecule has 6 heteroatoms. The molecule has 0 N–H and O–H groups in total. The Bertz CT molecular complexity index is 953. The maximum atomic E-state index is 11.4. The molecule has 1 saturated carbocycles. The highest BCUT2D eigenvalue weighted by Gasteiger charge is 2.22. The van der Waals surface area contributed by atoms with Crippen molar-refractivity contribution in [2.75, 3.05) is 0 Å². The van der Waals surface area contributed by atoms with E-state index >= 15 is 0 Å². The third-order valence-electron chi connectivity index (χ3n) is 4.53. The summed E-state index contributed by atoms with van der Waals surface area (Å²) in [5.41, 5.74) is 1.37. The molecular weight excluding hydrogens is 310 g/mol. The summed E-state index contributed by atoms with van der Waals surface area (Å²) in [5.74, 6) is 0.585. The number of hydrogen-bond acceptors (Lipinski definition) is 5. The number of ether oxygens (including phenoxy) is 1. The lowest BCUT2D eigenvalue weighted by molar-refractivity contribution is -0.384. The molecule has 24 heavy (non-hydrogen) atoms. The quantitative estimate of drug-likeness (QED) is 0.397. The van der Waals surface area contributed by atoms with Crippen LogP contribution in [0.1, 0.15) is 36.0 Å². The van der Waals surface area contributed by atoms with E-state index in [9.17, 15) is 14.9 Å². The Hall–Kier alpha value is -2.89. The molecule has 122 valence electrons. The first-order chi connectivity index (χ1) is 11.7. The number of nitro benzene ring substituents is 1. The second kappa shape index (κ2) is 5.63.